The quantitative estimate of drug-likeness (QED) is 0.552. The van der Waals surface area contributed by atoms with Crippen molar-refractivity contribution in [1.29, 1.82) is 0 Å². The third-order valence-electron chi connectivity index (χ3n) is 2.27. The van der Waals surface area contributed by atoms with E-state index in [1.54, 1.807) is 18.2 Å². The molecule has 0 bridgehead atoms. The number of benzene rings is 1. The molecule has 0 aliphatic rings. The largest absolute Gasteiger partial charge is 0.481 e. The Morgan fingerprint density at radius 3 is 2.44 bits per heavy atom. The van der Waals surface area contributed by atoms with Crippen LogP contribution in [0.4, 0.5) is 0 Å². The average molecular weight is 226 g/mol. The molecule has 1 aromatic rings. The zero-order valence-electron chi connectivity index (χ0n) is 8.58. The number of hydrogen-bond donors (Lipinski definition) is 4. The Labute approximate surface area is 92.6 Å². The number of carboxylic acids is 1. The van der Waals surface area contributed by atoms with Crippen LogP contribution in [0, 0.1) is 0 Å². The molecule has 0 radical (unpaired) electrons. The van der Waals surface area contributed by atoms with Crippen molar-refractivity contribution >= 4 is 5.97 Å². The van der Waals surface area contributed by atoms with E-state index in [0.29, 0.717) is 11.1 Å². The Kier molecular flexibility index (Phi) is 4.42. The summed E-state index contributed by atoms with van der Waals surface area (Å²) in [5, 5.41) is 36.4. The fourth-order valence-electron chi connectivity index (χ4n) is 1.45. The van der Waals surface area contributed by atoms with Crippen molar-refractivity contribution < 1.29 is 25.2 Å². The standard InChI is InChI=1S/C11H14O5/c12-6-9(13)11(16)8-4-2-1-3-7(8)5-10(14)15/h1-4,9,11-13,16H,5-6H2,(H,14,15). The van der Waals surface area contributed by atoms with Crippen molar-refractivity contribution in [3.63, 3.8) is 0 Å². The van der Waals surface area contributed by atoms with Gasteiger partial charge in [-0.2, -0.15) is 0 Å². The summed E-state index contributed by atoms with van der Waals surface area (Å²) in [5.41, 5.74) is 0.751. The molecule has 0 saturated carbocycles. The minimum absolute atomic E-state index is 0.231. The lowest BCUT2D eigenvalue weighted by molar-refractivity contribution is -0.136. The van der Waals surface area contributed by atoms with Crippen molar-refractivity contribution in [2.75, 3.05) is 6.61 Å². The third kappa shape index (κ3) is 3.03. The first-order chi connectivity index (χ1) is 7.56. The average Bonchev–Trinajstić information content (AvgIpc) is 2.27. The molecular weight excluding hydrogens is 212 g/mol. The van der Waals surface area contributed by atoms with E-state index in [0.717, 1.165) is 0 Å². The highest BCUT2D eigenvalue weighted by Crippen LogP contribution is 2.21. The minimum Gasteiger partial charge on any atom is -0.481 e. The van der Waals surface area contributed by atoms with Crippen molar-refractivity contribution in [2.45, 2.75) is 18.6 Å². The molecule has 4 N–H and O–H groups in total. The lowest BCUT2D eigenvalue weighted by Gasteiger charge is -2.18. The molecule has 0 heterocycles. The number of aliphatic hydroxyl groups excluding tert-OH is 3. The second-order valence-electron chi connectivity index (χ2n) is 3.46. The highest BCUT2D eigenvalue weighted by Gasteiger charge is 2.20. The number of aliphatic carboxylic acids is 1. The van der Waals surface area contributed by atoms with Crippen molar-refractivity contribution in [2.24, 2.45) is 0 Å². The second-order valence-corrected chi connectivity index (χ2v) is 3.46. The van der Waals surface area contributed by atoms with E-state index >= 15 is 0 Å². The van der Waals surface area contributed by atoms with Gasteiger partial charge in [-0.05, 0) is 11.1 Å². The van der Waals surface area contributed by atoms with Crippen LogP contribution in [0.1, 0.15) is 17.2 Å². The van der Waals surface area contributed by atoms with Gasteiger partial charge in [-0.25, -0.2) is 0 Å². The summed E-state index contributed by atoms with van der Waals surface area (Å²) in [6.07, 6.45) is -2.82. The summed E-state index contributed by atoms with van der Waals surface area (Å²) < 4.78 is 0. The van der Waals surface area contributed by atoms with Gasteiger partial charge in [-0.3, -0.25) is 4.79 Å². The van der Waals surface area contributed by atoms with E-state index < -0.39 is 24.8 Å². The molecule has 88 valence electrons. The van der Waals surface area contributed by atoms with Gasteiger partial charge in [0.1, 0.15) is 12.2 Å². The van der Waals surface area contributed by atoms with Crippen LogP contribution < -0.4 is 0 Å². The number of hydrogen-bond acceptors (Lipinski definition) is 4. The topological polar surface area (TPSA) is 98.0 Å². The number of carboxylic acid groups (broad SMARTS) is 1. The molecule has 1 rings (SSSR count). The number of rotatable bonds is 5. The van der Waals surface area contributed by atoms with E-state index in [9.17, 15) is 15.0 Å². The molecule has 5 heteroatoms. The summed E-state index contributed by atoms with van der Waals surface area (Å²) in [7, 11) is 0. The first-order valence-corrected chi connectivity index (χ1v) is 4.83. The maximum absolute atomic E-state index is 10.6. The van der Waals surface area contributed by atoms with Crippen LogP contribution in [0.3, 0.4) is 0 Å². The Hall–Kier alpha value is -1.43. The molecule has 2 unspecified atom stereocenters. The maximum Gasteiger partial charge on any atom is 0.307 e. The van der Waals surface area contributed by atoms with Crippen LogP contribution in [0.5, 0.6) is 0 Å². The van der Waals surface area contributed by atoms with Gasteiger partial charge in [0.05, 0.1) is 13.0 Å². The van der Waals surface area contributed by atoms with Crippen LogP contribution in [0.15, 0.2) is 24.3 Å². The Balaban J connectivity index is 2.98. The van der Waals surface area contributed by atoms with Crippen LogP contribution in [0.2, 0.25) is 0 Å². The van der Waals surface area contributed by atoms with Crippen molar-refractivity contribution in [3.8, 4) is 0 Å². The first-order valence-electron chi connectivity index (χ1n) is 4.83. The molecule has 5 nitrogen and oxygen atoms in total. The van der Waals surface area contributed by atoms with Gasteiger partial charge in [0.15, 0.2) is 0 Å². The Bertz CT molecular complexity index is 363. The number of aliphatic hydroxyl groups is 3. The zero-order valence-corrected chi connectivity index (χ0v) is 8.58. The van der Waals surface area contributed by atoms with Gasteiger partial charge >= 0.3 is 5.97 Å². The Morgan fingerprint density at radius 1 is 1.25 bits per heavy atom. The molecule has 1 aromatic carbocycles. The summed E-state index contributed by atoms with van der Waals surface area (Å²) in [5.74, 6) is -1.02. The number of carbonyl (C=O) groups is 1. The molecule has 16 heavy (non-hydrogen) atoms. The van der Waals surface area contributed by atoms with Gasteiger partial charge in [0.25, 0.3) is 0 Å². The normalized spacial score (nSPS) is 14.4. The molecule has 0 aromatic heterocycles. The van der Waals surface area contributed by atoms with Crippen LogP contribution in [0.25, 0.3) is 0 Å². The lowest BCUT2D eigenvalue weighted by Crippen LogP contribution is -2.23. The predicted octanol–water partition coefficient (Wildman–Crippen LogP) is -0.300. The van der Waals surface area contributed by atoms with E-state index in [2.05, 4.69) is 0 Å². The monoisotopic (exact) mass is 226 g/mol. The van der Waals surface area contributed by atoms with Crippen LogP contribution in [-0.2, 0) is 11.2 Å². The molecule has 0 amide bonds. The fraction of sp³-hybridized carbons (Fsp3) is 0.364. The highest BCUT2D eigenvalue weighted by molar-refractivity contribution is 5.70. The molecule has 0 fully saturated rings. The molecule has 0 spiro atoms. The molecule has 0 aliphatic heterocycles. The predicted molar refractivity (Wildman–Crippen MR) is 55.8 cm³/mol. The first kappa shape index (κ1) is 12.6. The second kappa shape index (κ2) is 5.60. The van der Waals surface area contributed by atoms with Gasteiger partial charge in [-0.15, -0.1) is 0 Å². The van der Waals surface area contributed by atoms with Crippen LogP contribution in [-0.4, -0.2) is 39.1 Å². The smallest absolute Gasteiger partial charge is 0.307 e. The van der Waals surface area contributed by atoms with Crippen molar-refractivity contribution in [3.05, 3.63) is 35.4 Å². The Morgan fingerprint density at radius 2 is 1.88 bits per heavy atom. The van der Waals surface area contributed by atoms with Gasteiger partial charge < -0.3 is 20.4 Å². The van der Waals surface area contributed by atoms with E-state index in [1.165, 1.54) is 6.07 Å². The maximum atomic E-state index is 10.6. The van der Waals surface area contributed by atoms with Gasteiger partial charge in [-0.1, -0.05) is 24.3 Å². The molecule has 0 aliphatic carbocycles. The summed E-state index contributed by atoms with van der Waals surface area (Å²) >= 11 is 0. The SMILES string of the molecule is O=C(O)Cc1ccccc1C(O)C(O)CO. The fourth-order valence-corrected chi connectivity index (χ4v) is 1.45. The van der Waals surface area contributed by atoms with E-state index in [1.807, 2.05) is 0 Å². The summed E-state index contributed by atoms with van der Waals surface area (Å²) in [6, 6.07) is 6.38. The summed E-state index contributed by atoms with van der Waals surface area (Å²) in [4.78, 5) is 10.6. The van der Waals surface area contributed by atoms with E-state index in [4.69, 9.17) is 10.2 Å². The van der Waals surface area contributed by atoms with Gasteiger partial charge in [0, 0.05) is 0 Å². The zero-order chi connectivity index (χ0) is 12.1. The van der Waals surface area contributed by atoms with Crippen LogP contribution >= 0.6 is 0 Å². The van der Waals surface area contributed by atoms with E-state index in [-0.39, 0.29) is 6.42 Å². The molecule has 0 saturated heterocycles. The van der Waals surface area contributed by atoms with Gasteiger partial charge in [0.2, 0.25) is 0 Å². The molecule has 2 atom stereocenters. The highest BCUT2D eigenvalue weighted by atomic mass is 16.4. The van der Waals surface area contributed by atoms with Crippen molar-refractivity contribution in [1.82, 2.24) is 0 Å². The minimum atomic E-state index is -1.31. The lowest BCUT2D eigenvalue weighted by atomic mass is 9.97. The third-order valence-corrected chi connectivity index (χ3v) is 2.27. The summed E-state index contributed by atoms with van der Waals surface area (Å²) in [6.45, 7) is -0.581. The molecular formula is C11H14O5.